The zero-order chi connectivity index (χ0) is 10.7. The van der Waals surface area contributed by atoms with E-state index in [0.717, 1.165) is 6.07 Å². The zero-order valence-corrected chi connectivity index (χ0v) is 7.81. The van der Waals surface area contributed by atoms with Gasteiger partial charge in [0.15, 0.2) is 0 Å². The predicted octanol–water partition coefficient (Wildman–Crippen LogP) is 1.54. The van der Waals surface area contributed by atoms with Crippen molar-refractivity contribution in [2.75, 3.05) is 0 Å². The van der Waals surface area contributed by atoms with E-state index in [1.807, 2.05) is 0 Å². The average molecular weight is 224 g/mol. The molecule has 2 N–H and O–H groups in total. The SMILES string of the molecule is O=c1cc(C(F)F)c(CO)c(CCl)[nH]1. The maximum absolute atomic E-state index is 12.4. The summed E-state index contributed by atoms with van der Waals surface area (Å²) in [6, 6.07) is 0.770. The van der Waals surface area contributed by atoms with Crippen molar-refractivity contribution >= 4 is 11.6 Å². The van der Waals surface area contributed by atoms with Crippen molar-refractivity contribution in [1.82, 2.24) is 4.98 Å². The fraction of sp³-hybridized carbons (Fsp3) is 0.375. The number of aromatic amines is 1. The predicted molar refractivity (Wildman–Crippen MR) is 47.5 cm³/mol. The number of hydrogen-bond donors (Lipinski definition) is 2. The molecule has 0 saturated heterocycles. The molecule has 1 aromatic rings. The molecule has 6 heteroatoms. The van der Waals surface area contributed by atoms with Gasteiger partial charge in [0.05, 0.1) is 12.5 Å². The van der Waals surface area contributed by atoms with Crippen LogP contribution in [-0.2, 0) is 12.5 Å². The van der Waals surface area contributed by atoms with Gasteiger partial charge < -0.3 is 10.1 Å². The van der Waals surface area contributed by atoms with Gasteiger partial charge in [-0.05, 0) is 0 Å². The van der Waals surface area contributed by atoms with E-state index in [0.29, 0.717) is 0 Å². The number of aliphatic hydroxyl groups excluding tert-OH is 1. The lowest BCUT2D eigenvalue weighted by molar-refractivity contribution is 0.146. The van der Waals surface area contributed by atoms with Gasteiger partial charge in [0.25, 0.3) is 6.43 Å². The van der Waals surface area contributed by atoms with E-state index in [2.05, 4.69) is 4.98 Å². The summed E-state index contributed by atoms with van der Waals surface area (Å²) in [5, 5.41) is 8.86. The van der Waals surface area contributed by atoms with E-state index in [4.69, 9.17) is 16.7 Å². The molecular weight excluding hydrogens is 216 g/mol. The molecule has 3 nitrogen and oxygen atoms in total. The third kappa shape index (κ3) is 2.10. The lowest BCUT2D eigenvalue weighted by atomic mass is 10.1. The average Bonchev–Trinajstić information content (AvgIpc) is 2.16. The van der Waals surface area contributed by atoms with Gasteiger partial charge in [0.1, 0.15) is 0 Å². The first-order chi connectivity index (χ1) is 6.60. The molecule has 0 aliphatic carbocycles. The molecule has 0 aromatic carbocycles. The van der Waals surface area contributed by atoms with Crippen molar-refractivity contribution < 1.29 is 13.9 Å². The zero-order valence-electron chi connectivity index (χ0n) is 7.06. The minimum atomic E-state index is -2.79. The van der Waals surface area contributed by atoms with Crippen LogP contribution in [0.3, 0.4) is 0 Å². The van der Waals surface area contributed by atoms with Crippen LogP contribution in [0.1, 0.15) is 23.2 Å². The van der Waals surface area contributed by atoms with Crippen molar-refractivity contribution in [1.29, 1.82) is 0 Å². The largest absolute Gasteiger partial charge is 0.392 e. The second-order valence-corrected chi connectivity index (χ2v) is 2.91. The van der Waals surface area contributed by atoms with Crippen LogP contribution in [0.5, 0.6) is 0 Å². The Morgan fingerprint density at radius 3 is 2.64 bits per heavy atom. The summed E-state index contributed by atoms with van der Waals surface area (Å²) in [5.41, 5.74) is -0.980. The van der Waals surface area contributed by atoms with Crippen molar-refractivity contribution in [2.24, 2.45) is 0 Å². The van der Waals surface area contributed by atoms with Crippen LogP contribution in [0.15, 0.2) is 10.9 Å². The van der Waals surface area contributed by atoms with Crippen LogP contribution < -0.4 is 5.56 Å². The summed E-state index contributed by atoms with van der Waals surface area (Å²) in [5.74, 6) is -0.119. The third-order valence-corrected chi connectivity index (χ3v) is 2.07. The van der Waals surface area contributed by atoms with E-state index in [9.17, 15) is 13.6 Å². The molecule has 1 rings (SSSR count). The highest BCUT2D eigenvalue weighted by molar-refractivity contribution is 6.17. The number of alkyl halides is 3. The highest BCUT2D eigenvalue weighted by atomic mass is 35.5. The molecule has 0 aliphatic heterocycles. The number of pyridine rings is 1. The fourth-order valence-corrected chi connectivity index (χ4v) is 1.39. The number of nitrogens with one attached hydrogen (secondary N) is 1. The Labute approximate surface area is 83.3 Å². The maximum Gasteiger partial charge on any atom is 0.264 e. The molecule has 1 aromatic heterocycles. The van der Waals surface area contributed by atoms with Gasteiger partial charge in [-0.25, -0.2) is 8.78 Å². The molecule has 0 atom stereocenters. The Balaban J connectivity index is 3.39. The van der Waals surface area contributed by atoms with Crippen LogP contribution >= 0.6 is 11.6 Å². The molecule has 1 heterocycles. The molecule has 0 saturated carbocycles. The van der Waals surface area contributed by atoms with Gasteiger partial charge in [-0.3, -0.25) is 4.79 Å². The first kappa shape index (κ1) is 11.1. The lowest BCUT2D eigenvalue weighted by Gasteiger charge is -2.09. The molecule has 0 bridgehead atoms. The molecule has 0 unspecified atom stereocenters. The highest BCUT2D eigenvalue weighted by Gasteiger charge is 2.16. The summed E-state index contributed by atoms with van der Waals surface area (Å²) in [6.07, 6.45) is -2.79. The smallest absolute Gasteiger partial charge is 0.264 e. The van der Waals surface area contributed by atoms with Gasteiger partial charge in [0.2, 0.25) is 5.56 Å². The topological polar surface area (TPSA) is 53.1 Å². The Bertz CT molecular complexity index is 378. The Morgan fingerprint density at radius 1 is 1.57 bits per heavy atom. The van der Waals surface area contributed by atoms with Gasteiger partial charge >= 0.3 is 0 Å². The van der Waals surface area contributed by atoms with E-state index in [-0.39, 0.29) is 17.1 Å². The fourth-order valence-electron chi connectivity index (χ4n) is 1.16. The number of hydrogen-bond acceptors (Lipinski definition) is 2. The summed E-state index contributed by atoms with van der Waals surface area (Å²) in [4.78, 5) is 13.2. The first-order valence-electron chi connectivity index (χ1n) is 3.80. The summed E-state index contributed by atoms with van der Waals surface area (Å²) >= 11 is 5.43. The van der Waals surface area contributed by atoms with Crippen LogP contribution in [-0.4, -0.2) is 10.1 Å². The van der Waals surface area contributed by atoms with Crippen molar-refractivity contribution in [3.8, 4) is 0 Å². The summed E-state index contributed by atoms with van der Waals surface area (Å²) in [7, 11) is 0. The second-order valence-electron chi connectivity index (χ2n) is 2.64. The van der Waals surface area contributed by atoms with Crippen LogP contribution in [0.4, 0.5) is 8.78 Å². The van der Waals surface area contributed by atoms with Crippen LogP contribution in [0, 0.1) is 0 Å². The van der Waals surface area contributed by atoms with Crippen LogP contribution in [0.25, 0.3) is 0 Å². The molecule has 0 fully saturated rings. The monoisotopic (exact) mass is 223 g/mol. The number of rotatable bonds is 3. The third-order valence-electron chi connectivity index (χ3n) is 1.80. The molecule has 78 valence electrons. The van der Waals surface area contributed by atoms with Crippen molar-refractivity contribution in [3.63, 3.8) is 0 Å². The van der Waals surface area contributed by atoms with Gasteiger partial charge in [-0.1, -0.05) is 0 Å². The standard InChI is InChI=1S/C8H8ClF2NO2/c9-2-6-5(3-13)4(8(10)11)1-7(14)12-6/h1,8,13H,2-3H2,(H,12,14). The second kappa shape index (κ2) is 4.52. The molecule has 0 amide bonds. The van der Waals surface area contributed by atoms with Gasteiger partial charge in [-0.15, -0.1) is 11.6 Å². The molecular formula is C8H8ClF2NO2. The van der Waals surface area contributed by atoms with Crippen LogP contribution in [0.2, 0.25) is 0 Å². The summed E-state index contributed by atoms with van der Waals surface area (Å²) in [6.45, 7) is -0.571. The molecule has 14 heavy (non-hydrogen) atoms. The highest BCUT2D eigenvalue weighted by Crippen LogP contribution is 2.23. The molecule has 0 radical (unpaired) electrons. The maximum atomic E-state index is 12.4. The number of aromatic nitrogens is 1. The normalized spacial score (nSPS) is 10.9. The quantitative estimate of drug-likeness (QED) is 0.764. The summed E-state index contributed by atoms with van der Waals surface area (Å²) < 4.78 is 24.8. The minimum absolute atomic E-state index is 0.00500. The van der Waals surface area contributed by atoms with Gasteiger partial charge in [0, 0.05) is 22.9 Å². The number of H-pyrrole nitrogens is 1. The first-order valence-corrected chi connectivity index (χ1v) is 4.33. The van der Waals surface area contributed by atoms with E-state index in [1.54, 1.807) is 0 Å². The number of halogens is 3. The Morgan fingerprint density at radius 2 is 2.21 bits per heavy atom. The van der Waals surface area contributed by atoms with Crippen molar-refractivity contribution in [2.45, 2.75) is 18.9 Å². The van der Waals surface area contributed by atoms with Gasteiger partial charge in [-0.2, -0.15) is 0 Å². The van der Waals surface area contributed by atoms with E-state index >= 15 is 0 Å². The van der Waals surface area contributed by atoms with E-state index in [1.165, 1.54) is 0 Å². The molecule has 0 aliphatic rings. The minimum Gasteiger partial charge on any atom is -0.392 e. The Hall–Kier alpha value is -0.940. The Kier molecular flexibility index (Phi) is 3.60. The van der Waals surface area contributed by atoms with E-state index < -0.39 is 24.2 Å². The number of aliphatic hydroxyl groups is 1. The van der Waals surface area contributed by atoms with Crippen molar-refractivity contribution in [3.05, 3.63) is 33.2 Å². The molecule has 0 spiro atoms. The lowest BCUT2D eigenvalue weighted by Crippen LogP contribution is -2.13.